The smallest absolute Gasteiger partial charge is 0.329 e. The topological polar surface area (TPSA) is 79.8 Å². The van der Waals surface area contributed by atoms with Crippen LogP contribution in [0.25, 0.3) is 0 Å². The predicted molar refractivity (Wildman–Crippen MR) is 118 cm³/mol. The summed E-state index contributed by atoms with van der Waals surface area (Å²) in [5.41, 5.74) is 3.44. The summed E-state index contributed by atoms with van der Waals surface area (Å²) in [4.78, 5) is 23.6. The van der Waals surface area contributed by atoms with Gasteiger partial charge in [0.05, 0.1) is 11.9 Å². The number of benzene rings is 3. The van der Waals surface area contributed by atoms with E-state index in [9.17, 15) is 14.0 Å². The molecule has 3 aromatic rings. The molecule has 31 heavy (non-hydrogen) atoms. The lowest BCUT2D eigenvalue weighted by molar-refractivity contribution is -0.136. The quantitative estimate of drug-likeness (QED) is 0.315. The van der Waals surface area contributed by atoms with Gasteiger partial charge in [-0.05, 0) is 54.1 Å². The highest BCUT2D eigenvalue weighted by Crippen LogP contribution is 2.22. The van der Waals surface area contributed by atoms with Gasteiger partial charge in [-0.25, -0.2) is 9.82 Å². The molecular weight excluding hydrogens is 444 g/mol. The van der Waals surface area contributed by atoms with Crippen molar-refractivity contribution in [1.82, 2.24) is 5.43 Å². The first-order valence-corrected chi connectivity index (χ1v) is 9.73. The summed E-state index contributed by atoms with van der Waals surface area (Å²) >= 11 is 12.0. The van der Waals surface area contributed by atoms with Crippen LogP contribution in [0.2, 0.25) is 10.0 Å². The van der Waals surface area contributed by atoms with Gasteiger partial charge in [0.25, 0.3) is 0 Å². The number of hydrogen-bond acceptors (Lipinski definition) is 4. The average Bonchev–Trinajstić information content (AvgIpc) is 2.75. The Hall–Kier alpha value is -3.42. The fourth-order valence-electron chi connectivity index (χ4n) is 2.41. The highest BCUT2D eigenvalue weighted by molar-refractivity contribution is 6.39. The van der Waals surface area contributed by atoms with Gasteiger partial charge in [-0.15, -0.1) is 0 Å². The van der Waals surface area contributed by atoms with Crippen LogP contribution >= 0.6 is 23.2 Å². The number of hydrogen-bond donors (Lipinski definition) is 2. The summed E-state index contributed by atoms with van der Waals surface area (Å²) in [5, 5.41) is 6.96. The van der Waals surface area contributed by atoms with E-state index in [0.717, 1.165) is 5.56 Å². The monoisotopic (exact) mass is 459 g/mol. The molecule has 3 aromatic carbocycles. The van der Waals surface area contributed by atoms with Crippen LogP contribution in [0, 0.1) is 5.82 Å². The number of halogens is 3. The fraction of sp³-hybridized carbons (Fsp3) is 0.0455. The molecule has 0 heterocycles. The molecule has 0 aromatic heterocycles. The van der Waals surface area contributed by atoms with E-state index in [4.69, 9.17) is 27.9 Å². The first-order chi connectivity index (χ1) is 14.9. The molecule has 0 unspecified atom stereocenters. The Labute approximate surface area is 187 Å². The Morgan fingerprint density at radius 1 is 1.00 bits per heavy atom. The first-order valence-electron chi connectivity index (χ1n) is 8.98. The van der Waals surface area contributed by atoms with Crippen LogP contribution in [-0.4, -0.2) is 18.0 Å². The second-order valence-electron chi connectivity index (χ2n) is 6.23. The van der Waals surface area contributed by atoms with Crippen LogP contribution in [0.15, 0.2) is 71.8 Å². The van der Waals surface area contributed by atoms with Crippen molar-refractivity contribution >= 4 is 46.9 Å². The van der Waals surface area contributed by atoms with E-state index in [1.165, 1.54) is 30.5 Å². The molecule has 0 aliphatic heterocycles. The Morgan fingerprint density at radius 3 is 2.45 bits per heavy atom. The number of carbonyl (C=O) groups excluding carboxylic acids is 2. The molecule has 158 valence electrons. The van der Waals surface area contributed by atoms with Gasteiger partial charge in [0.2, 0.25) is 0 Å². The van der Waals surface area contributed by atoms with Crippen molar-refractivity contribution < 1.29 is 18.7 Å². The minimum atomic E-state index is -1.04. The minimum absolute atomic E-state index is 0.0953. The van der Waals surface area contributed by atoms with Crippen molar-refractivity contribution in [2.24, 2.45) is 5.10 Å². The molecule has 0 atom stereocenters. The summed E-state index contributed by atoms with van der Waals surface area (Å²) in [6.45, 7) is 0.274. The summed E-state index contributed by atoms with van der Waals surface area (Å²) < 4.78 is 19.2. The third-order valence-electron chi connectivity index (χ3n) is 4.00. The zero-order valence-electron chi connectivity index (χ0n) is 15.9. The lowest BCUT2D eigenvalue weighted by Crippen LogP contribution is -2.32. The fourth-order valence-corrected chi connectivity index (χ4v) is 2.87. The van der Waals surface area contributed by atoms with Crippen molar-refractivity contribution in [3.8, 4) is 5.75 Å². The molecule has 0 aliphatic carbocycles. The molecule has 6 nitrogen and oxygen atoms in total. The molecule has 0 saturated carbocycles. The Morgan fingerprint density at radius 2 is 1.74 bits per heavy atom. The van der Waals surface area contributed by atoms with Gasteiger partial charge in [-0.1, -0.05) is 41.4 Å². The number of nitrogens with one attached hydrogen (secondary N) is 2. The van der Waals surface area contributed by atoms with Crippen LogP contribution in [-0.2, 0) is 16.2 Å². The first kappa shape index (κ1) is 22.3. The largest absolute Gasteiger partial charge is 0.489 e. The van der Waals surface area contributed by atoms with Gasteiger partial charge >= 0.3 is 11.8 Å². The minimum Gasteiger partial charge on any atom is -0.489 e. The van der Waals surface area contributed by atoms with E-state index in [1.54, 1.807) is 42.5 Å². The maximum Gasteiger partial charge on any atom is 0.329 e. The molecule has 0 aliphatic rings. The zero-order chi connectivity index (χ0) is 22.2. The van der Waals surface area contributed by atoms with Crippen molar-refractivity contribution in [3.63, 3.8) is 0 Å². The molecule has 0 radical (unpaired) electrons. The number of amides is 2. The summed E-state index contributed by atoms with van der Waals surface area (Å²) in [6, 6.07) is 17.6. The molecule has 0 spiro atoms. The maximum absolute atomic E-state index is 13.5. The van der Waals surface area contributed by atoms with Crippen molar-refractivity contribution in [3.05, 3.63) is 93.7 Å². The second kappa shape index (κ2) is 10.6. The number of nitrogens with zero attached hydrogens (tertiary/aromatic N) is 1. The van der Waals surface area contributed by atoms with Gasteiger partial charge in [0, 0.05) is 15.6 Å². The van der Waals surface area contributed by atoms with Crippen molar-refractivity contribution in [1.29, 1.82) is 0 Å². The SMILES string of the molecule is O=C(N/N=C/c1ccc(OCc2ccc(Cl)cc2Cl)cc1)C(=O)Nc1ccccc1F. The predicted octanol–water partition coefficient (Wildman–Crippen LogP) is 4.80. The van der Waals surface area contributed by atoms with E-state index in [0.29, 0.717) is 21.4 Å². The summed E-state index contributed by atoms with van der Waals surface area (Å²) in [7, 11) is 0. The number of anilines is 1. The van der Waals surface area contributed by atoms with E-state index < -0.39 is 17.6 Å². The van der Waals surface area contributed by atoms with Crippen molar-refractivity contribution in [2.75, 3.05) is 5.32 Å². The summed E-state index contributed by atoms with van der Waals surface area (Å²) in [5.74, 6) is -2.10. The van der Waals surface area contributed by atoms with E-state index in [2.05, 4.69) is 15.8 Å². The van der Waals surface area contributed by atoms with Crippen molar-refractivity contribution in [2.45, 2.75) is 6.61 Å². The van der Waals surface area contributed by atoms with Gasteiger partial charge in [0.1, 0.15) is 18.2 Å². The lowest BCUT2D eigenvalue weighted by Gasteiger charge is -2.08. The van der Waals surface area contributed by atoms with Gasteiger partial charge in [0.15, 0.2) is 0 Å². The Bertz CT molecular complexity index is 1120. The highest BCUT2D eigenvalue weighted by Gasteiger charge is 2.14. The van der Waals surface area contributed by atoms with Crippen LogP contribution in [0.4, 0.5) is 10.1 Å². The van der Waals surface area contributed by atoms with Gasteiger partial charge in [-0.2, -0.15) is 5.10 Å². The Balaban J connectivity index is 1.49. The van der Waals surface area contributed by atoms with Gasteiger partial charge < -0.3 is 10.1 Å². The standard InChI is InChI=1S/C22H16Cl2FN3O3/c23-16-8-7-15(18(24)11-16)13-31-17-9-5-14(6-10-17)12-26-28-22(30)21(29)27-20-4-2-1-3-19(20)25/h1-12H,13H2,(H,27,29)(H,28,30)/b26-12+. The molecule has 3 rings (SSSR count). The summed E-state index contributed by atoms with van der Waals surface area (Å²) in [6.07, 6.45) is 1.36. The van der Waals surface area contributed by atoms with E-state index >= 15 is 0 Å². The molecule has 2 N–H and O–H groups in total. The number of carbonyl (C=O) groups is 2. The molecule has 0 fully saturated rings. The molecule has 0 bridgehead atoms. The average molecular weight is 460 g/mol. The normalized spacial score (nSPS) is 10.7. The molecule has 0 saturated heterocycles. The van der Waals surface area contributed by atoms with E-state index in [-0.39, 0.29) is 12.3 Å². The molecule has 2 amide bonds. The van der Waals surface area contributed by atoms with Crippen LogP contribution < -0.4 is 15.5 Å². The van der Waals surface area contributed by atoms with E-state index in [1.807, 2.05) is 0 Å². The Kier molecular flexibility index (Phi) is 7.59. The lowest BCUT2D eigenvalue weighted by atomic mass is 10.2. The third-order valence-corrected chi connectivity index (χ3v) is 4.58. The zero-order valence-corrected chi connectivity index (χ0v) is 17.5. The molecular formula is C22H16Cl2FN3O3. The van der Waals surface area contributed by atoms with Gasteiger partial charge in [-0.3, -0.25) is 9.59 Å². The molecule has 9 heteroatoms. The highest BCUT2D eigenvalue weighted by atomic mass is 35.5. The number of hydrazone groups is 1. The number of para-hydroxylation sites is 1. The number of ether oxygens (including phenoxy) is 1. The van der Waals surface area contributed by atoms with Crippen LogP contribution in [0.1, 0.15) is 11.1 Å². The van der Waals surface area contributed by atoms with Crippen LogP contribution in [0.3, 0.4) is 0 Å². The second-order valence-corrected chi connectivity index (χ2v) is 7.07. The van der Waals surface area contributed by atoms with Crippen LogP contribution in [0.5, 0.6) is 5.75 Å². The number of rotatable bonds is 6. The third kappa shape index (κ3) is 6.53. The maximum atomic E-state index is 13.5.